The molecule has 0 unspecified atom stereocenters. The zero-order chi connectivity index (χ0) is 17.4. The van der Waals surface area contributed by atoms with Crippen LogP contribution < -0.4 is 5.63 Å². The first-order chi connectivity index (χ1) is 10.9. The summed E-state index contributed by atoms with van der Waals surface area (Å²) in [4.78, 5) is 10.7. The highest BCUT2D eigenvalue weighted by Gasteiger charge is 2.29. The fourth-order valence-corrected chi connectivity index (χ4v) is 1.68. The minimum Gasteiger partial charge on any atom is -0.423 e. The van der Waals surface area contributed by atoms with Gasteiger partial charge in [-0.05, 0) is 12.1 Å². The third-order valence-electron chi connectivity index (χ3n) is 3.04. The minimum absolute atomic E-state index is 0.302. The molecule has 23 heavy (non-hydrogen) atoms. The van der Waals surface area contributed by atoms with Crippen LogP contribution >= 0.6 is 0 Å². The van der Waals surface area contributed by atoms with E-state index in [-0.39, 0.29) is 5.63 Å². The number of aliphatic hydroxyl groups excluding tert-OH is 6. The maximum absolute atomic E-state index is 10.7. The van der Waals surface area contributed by atoms with Crippen molar-refractivity contribution >= 4 is 11.0 Å². The molecular weight excluding hydrogens is 308 g/mol. The number of fused-ring (bicyclic) bond motifs is 1. The lowest BCUT2D eigenvalue weighted by Gasteiger charge is -2.24. The van der Waals surface area contributed by atoms with Gasteiger partial charge in [0.25, 0.3) is 0 Å². The van der Waals surface area contributed by atoms with Crippen LogP contribution in [0.5, 0.6) is 0 Å². The van der Waals surface area contributed by atoms with E-state index in [0.717, 1.165) is 5.39 Å². The minimum atomic E-state index is -1.67. The Bertz CT molecular complexity index is 626. The molecule has 1 aromatic heterocycles. The molecule has 0 amide bonds. The predicted molar refractivity (Wildman–Crippen MR) is 80.7 cm³/mol. The van der Waals surface area contributed by atoms with Gasteiger partial charge in [-0.15, -0.1) is 0 Å². The summed E-state index contributed by atoms with van der Waals surface area (Å²) in [5.74, 6) is 0. The van der Waals surface area contributed by atoms with E-state index in [1.54, 1.807) is 12.1 Å². The van der Waals surface area contributed by atoms with Crippen molar-refractivity contribution in [3.05, 3.63) is 46.8 Å². The Morgan fingerprint density at radius 2 is 1.35 bits per heavy atom. The van der Waals surface area contributed by atoms with Crippen molar-refractivity contribution < 1.29 is 35.1 Å². The molecule has 0 radical (unpaired) electrons. The van der Waals surface area contributed by atoms with Gasteiger partial charge in [0, 0.05) is 11.5 Å². The highest BCUT2D eigenvalue weighted by atomic mass is 16.4. The van der Waals surface area contributed by atoms with Crippen LogP contribution in [0.3, 0.4) is 0 Å². The maximum atomic E-state index is 10.7. The average molecular weight is 328 g/mol. The van der Waals surface area contributed by atoms with E-state index in [1.165, 1.54) is 6.07 Å². The third-order valence-corrected chi connectivity index (χ3v) is 3.04. The monoisotopic (exact) mass is 328 g/mol. The lowest BCUT2D eigenvalue weighted by Crippen LogP contribution is -2.46. The number of rotatable bonds is 5. The van der Waals surface area contributed by atoms with Crippen molar-refractivity contribution in [3.63, 3.8) is 0 Å². The quantitative estimate of drug-likeness (QED) is 0.352. The van der Waals surface area contributed by atoms with Crippen molar-refractivity contribution in [1.29, 1.82) is 0 Å². The van der Waals surface area contributed by atoms with Gasteiger partial charge < -0.3 is 35.1 Å². The molecule has 0 aliphatic carbocycles. The van der Waals surface area contributed by atoms with Crippen molar-refractivity contribution in [3.8, 4) is 0 Å². The molecule has 2 aromatic rings. The Hall–Kier alpha value is -1.81. The van der Waals surface area contributed by atoms with Crippen LogP contribution in [0.4, 0.5) is 0 Å². The van der Waals surface area contributed by atoms with Crippen molar-refractivity contribution in [2.45, 2.75) is 24.4 Å². The molecule has 0 spiro atoms. The molecule has 2 rings (SSSR count). The van der Waals surface area contributed by atoms with Gasteiger partial charge >= 0.3 is 5.63 Å². The molecule has 0 saturated heterocycles. The number of para-hydroxylation sites is 1. The molecule has 0 aliphatic rings. The van der Waals surface area contributed by atoms with Gasteiger partial charge in [-0.25, -0.2) is 4.79 Å². The van der Waals surface area contributed by atoms with Gasteiger partial charge in [0.1, 0.15) is 30.0 Å². The van der Waals surface area contributed by atoms with E-state index in [2.05, 4.69) is 0 Å². The average Bonchev–Trinajstić information content (AvgIpc) is 2.59. The fourth-order valence-electron chi connectivity index (χ4n) is 1.68. The van der Waals surface area contributed by atoms with Gasteiger partial charge in [-0.3, -0.25) is 0 Å². The molecule has 1 aromatic carbocycles. The van der Waals surface area contributed by atoms with Crippen LogP contribution in [0.2, 0.25) is 0 Å². The van der Waals surface area contributed by atoms with Crippen LogP contribution in [0, 0.1) is 0 Å². The number of benzene rings is 1. The summed E-state index contributed by atoms with van der Waals surface area (Å²) in [6, 6.07) is 10.6. The Balaban J connectivity index is 0.000000230. The summed E-state index contributed by atoms with van der Waals surface area (Å²) >= 11 is 0. The largest absolute Gasteiger partial charge is 0.423 e. The number of aliphatic hydroxyl groups is 6. The number of hydrogen-bond acceptors (Lipinski definition) is 8. The van der Waals surface area contributed by atoms with E-state index >= 15 is 0 Å². The first-order valence-corrected chi connectivity index (χ1v) is 6.83. The van der Waals surface area contributed by atoms with Crippen LogP contribution in [0.25, 0.3) is 11.0 Å². The van der Waals surface area contributed by atoms with Gasteiger partial charge in [0.05, 0.1) is 13.2 Å². The Morgan fingerprint density at radius 3 is 1.87 bits per heavy atom. The smallest absolute Gasteiger partial charge is 0.336 e. The second kappa shape index (κ2) is 9.36. The molecular formula is C15H20O8. The molecule has 0 saturated carbocycles. The third kappa shape index (κ3) is 5.71. The second-order valence-electron chi connectivity index (χ2n) is 4.77. The molecule has 8 nitrogen and oxygen atoms in total. The lowest BCUT2D eigenvalue weighted by atomic mass is 10.0. The van der Waals surface area contributed by atoms with E-state index in [9.17, 15) is 4.79 Å². The molecule has 0 fully saturated rings. The summed E-state index contributed by atoms with van der Waals surface area (Å²) in [6.07, 6.45) is -6.39. The highest BCUT2D eigenvalue weighted by Crippen LogP contribution is 2.09. The summed E-state index contributed by atoms with van der Waals surface area (Å²) in [6.45, 7) is -1.45. The molecule has 0 bridgehead atoms. The Kier molecular flexibility index (Phi) is 7.83. The SMILES string of the molecule is O=c1ccc2ccccc2o1.OC[C@@H](O)[C@@H](O)[C@H](O)[C@H](O)CO. The Morgan fingerprint density at radius 1 is 0.826 bits per heavy atom. The van der Waals surface area contributed by atoms with E-state index in [1.807, 2.05) is 18.2 Å². The standard InChI is InChI=1S/C9H6O2.C6H14O6/c10-9-6-5-7-3-1-2-4-8(7)11-9;7-1-3(9)5(11)6(12)4(10)2-8/h1-6H;3-12H,1-2H2/t;3-,4-,5-,6-/m.1/s1. The van der Waals surface area contributed by atoms with E-state index in [4.69, 9.17) is 35.1 Å². The molecule has 4 atom stereocenters. The van der Waals surface area contributed by atoms with E-state index in [0.29, 0.717) is 5.58 Å². The van der Waals surface area contributed by atoms with Crippen LogP contribution in [-0.4, -0.2) is 68.3 Å². The Labute approximate surface area is 131 Å². The topological polar surface area (TPSA) is 152 Å². The zero-order valence-corrected chi connectivity index (χ0v) is 12.2. The molecule has 6 N–H and O–H groups in total. The van der Waals surface area contributed by atoms with Gasteiger partial charge in [-0.2, -0.15) is 0 Å². The van der Waals surface area contributed by atoms with Crippen LogP contribution in [0.1, 0.15) is 0 Å². The summed E-state index contributed by atoms with van der Waals surface area (Å²) in [5, 5.41) is 53.1. The summed E-state index contributed by atoms with van der Waals surface area (Å²) < 4.78 is 4.91. The van der Waals surface area contributed by atoms with E-state index < -0.39 is 37.6 Å². The first kappa shape index (κ1) is 19.2. The van der Waals surface area contributed by atoms with Gasteiger partial charge in [0.2, 0.25) is 0 Å². The normalized spacial score (nSPS) is 16.1. The predicted octanol–water partition coefficient (Wildman–Crippen LogP) is -1.79. The van der Waals surface area contributed by atoms with Crippen molar-refractivity contribution in [2.24, 2.45) is 0 Å². The maximum Gasteiger partial charge on any atom is 0.336 e. The van der Waals surface area contributed by atoms with Crippen LogP contribution in [-0.2, 0) is 0 Å². The fraction of sp³-hybridized carbons (Fsp3) is 0.400. The lowest BCUT2D eigenvalue weighted by molar-refractivity contribution is -0.123. The molecule has 128 valence electrons. The van der Waals surface area contributed by atoms with Gasteiger partial charge in [-0.1, -0.05) is 18.2 Å². The highest BCUT2D eigenvalue weighted by molar-refractivity contribution is 5.75. The first-order valence-electron chi connectivity index (χ1n) is 6.83. The second-order valence-corrected chi connectivity index (χ2v) is 4.77. The van der Waals surface area contributed by atoms with Crippen LogP contribution in [0.15, 0.2) is 45.6 Å². The number of hydrogen-bond donors (Lipinski definition) is 6. The summed E-state index contributed by atoms with van der Waals surface area (Å²) in [5.41, 5.74) is 0.337. The molecule has 0 aliphatic heterocycles. The zero-order valence-electron chi connectivity index (χ0n) is 12.2. The molecule has 1 heterocycles. The van der Waals surface area contributed by atoms with Crippen molar-refractivity contribution in [1.82, 2.24) is 0 Å². The molecule has 8 heteroatoms. The van der Waals surface area contributed by atoms with Gasteiger partial charge in [0.15, 0.2) is 0 Å². The summed E-state index contributed by atoms with van der Waals surface area (Å²) in [7, 11) is 0. The van der Waals surface area contributed by atoms with Crippen molar-refractivity contribution in [2.75, 3.05) is 13.2 Å².